The van der Waals surface area contributed by atoms with Crippen molar-refractivity contribution in [1.82, 2.24) is 4.90 Å². The summed E-state index contributed by atoms with van der Waals surface area (Å²) in [6.07, 6.45) is 2.03. The summed E-state index contributed by atoms with van der Waals surface area (Å²) in [5.41, 5.74) is 2.14. The molecule has 1 saturated heterocycles. The summed E-state index contributed by atoms with van der Waals surface area (Å²) in [6, 6.07) is 7.59. The molecule has 3 atom stereocenters. The van der Waals surface area contributed by atoms with Gasteiger partial charge in [-0.2, -0.15) is 0 Å². The van der Waals surface area contributed by atoms with Gasteiger partial charge in [-0.05, 0) is 42.9 Å². The van der Waals surface area contributed by atoms with E-state index in [1.54, 1.807) is 0 Å². The van der Waals surface area contributed by atoms with Gasteiger partial charge in [-0.15, -0.1) is 0 Å². The smallest absolute Gasteiger partial charge is 0.320 e. The molecule has 4 nitrogen and oxygen atoms in total. The van der Waals surface area contributed by atoms with E-state index in [0.29, 0.717) is 18.9 Å². The number of aliphatic carboxylic acids is 1. The fourth-order valence-corrected chi connectivity index (χ4v) is 2.93. The van der Waals surface area contributed by atoms with Crippen LogP contribution in [0.25, 0.3) is 0 Å². The number of hydrogen-bond donors (Lipinski definition) is 2. The number of hydrogen-bond acceptors (Lipinski definition) is 3. The zero-order valence-corrected chi connectivity index (χ0v) is 12.8. The van der Waals surface area contributed by atoms with Crippen LogP contribution in [0.3, 0.4) is 0 Å². The second kappa shape index (κ2) is 7.05. The standard InChI is InChI=1S/C17H25NO3/c1-3-12(2)13-6-8-14(9-7-13)16(19)11-18-10-4-5-15(18)17(20)21/h6-9,12,15-16,19H,3-5,10-11H2,1-2H3,(H,20,21). The van der Waals surface area contributed by atoms with Gasteiger partial charge in [-0.3, -0.25) is 9.69 Å². The number of carboxylic acid groups (broad SMARTS) is 1. The Hall–Kier alpha value is -1.39. The number of aliphatic hydroxyl groups excluding tert-OH is 1. The molecule has 0 bridgehead atoms. The molecule has 21 heavy (non-hydrogen) atoms. The van der Waals surface area contributed by atoms with Crippen LogP contribution in [0.4, 0.5) is 0 Å². The van der Waals surface area contributed by atoms with E-state index in [-0.39, 0.29) is 0 Å². The lowest BCUT2D eigenvalue weighted by Gasteiger charge is -2.24. The van der Waals surface area contributed by atoms with E-state index in [4.69, 9.17) is 5.11 Å². The van der Waals surface area contributed by atoms with E-state index in [1.807, 2.05) is 17.0 Å². The van der Waals surface area contributed by atoms with Gasteiger partial charge in [-0.1, -0.05) is 38.1 Å². The summed E-state index contributed by atoms with van der Waals surface area (Å²) in [4.78, 5) is 13.0. The molecule has 0 amide bonds. The quantitative estimate of drug-likeness (QED) is 0.846. The van der Waals surface area contributed by atoms with Crippen molar-refractivity contribution >= 4 is 5.97 Å². The Bertz CT molecular complexity index is 471. The minimum absolute atomic E-state index is 0.389. The Kier molecular flexibility index (Phi) is 5.37. The summed E-state index contributed by atoms with van der Waals surface area (Å²) in [6.45, 7) is 5.48. The lowest BCUT2D eigenvalue weighted by Crippen LogP contribution is -2.38. The number of carbonyl (C=O) groups is 1. The van der Waals surface area contributed by atoms with Gasteiger partial charge in [0.15, 0.2) is 0 Å². The topological polar surface area (TPSA) is 60.8 Å². The number of likely N-dealkylation sites (tertiary alicyclic amines) is 1. The van der Waals surface area contributed by atoms with Crippen molar-refractivity contribution in [2.75, 3.05) is 13.1 Å². The first-order valence-electron chi connectivity index (χ1n) is 7.77. The zero-order chi connectivity index (χ0) is 15.4. The Morgan fingerprint density at radius 3 is 2.52 bits per heavy atom. The van der Waals surface area contributed by atoms with Crippen molar-refractivity contribution in [3.8, 4) is 0 Å². The van der Waals surface area contributed by atoms with Crippen molar-refractivity contribution < 1.29 is 15.0 Å². The highest BCUT2D eigenvalue weighted by molar-refractivity contribution is 5.73. The van der Waals surface area contributed by atoms with Crippen molar-refractivity contribution in [1.29, 1.82) is 0 Å². The summed E-state index contributed by atoms with van der Waals surface area (Å²) < 4.78 is 0. The van der Waals surface area contributed by atoms with Crippen molar-refractivity contribution in [2.24, 2.45) is 0 Å². The van der Waals surface area contributed by atoms with E-state index in [1.165, 1.54) is 5.56 Å². The Morgan fingerprint density at radius 2 is 1.95 bits per heavy atom. The molecule has 0 aromatic heterocycles. The molecule has 1 aliphatic rings. The molecule has 0 aliphatic carbocycles. The van der Waals surface area contributed by atoms with E-state index in [9.17, 15) is 9.90 Å². The number of rotatable bonds is 6. The van der Waals surface area contributed by atoms with E-state index in [0.717, 1.165) is 24.9 Å². The molecule has 1 aromatic carbocycles. The molecule has 1 fully saturated rings. The molecule has 0 radical (unpaired) electrons. The lowest BCUT2D eigenvalue weighted by atomic mass is 9.96. The van der Waals surface area contributed by atoms with Crippen molar-refractivity contribution in [2.45, 2.75) is 51.2 Å². The van der Waals surface area contributed by atoms with Crippen molar-refractivity contribution in [3.63, 3.8) is 0 Å². The molecule has 4 heteroatoms. The molecule has 116 valence electrons. The minimum atomic E-state index is -0.785. The largest absolute Gasteiger partial charge is 0.480 e. The van der Waals surface area contributed by atoms with Crippen LogP contribution in [0.2, 0.25) is 0 Å². The molecule has 1 heterocycles. The van der Waals surface area contributed by atoms with Gasteiger partial charge < -0.3 is 10.2 Å². The third-order valence-corrected chi connectivity index (χ3v) is 4.56. The molecule has 1 aromatic rings. The van der Waals surface area contributed by atoms with Gasteiger partial charge in [0.1, 0.15) is 6.04 Å². The van der Waals surface area contributed by atoms with E-state index >= 15 is 0 Å². The highest BCUT2D eigenvalue weighted by atomic mass is 16.4. The average Bonchev–Trinajstić information content (AvgIpc) is 2.95. The Morgan fingerprint density at radius 1 is 1.33 bits per heavy atom. The second-order valence-corrected chi connectivity index (χ2v) is 5.98. The number of aliphatic hydroxyl groups is 1. The summed E-state index contributed by atoms with van der Waals surface area (Å²) in [5, 5.41) is 19.5. The Labute approximate surface area is 126 Å². The molecule has 0 saturated carbocycles. The maximum absolute atomic E-state index is 11.2. The second-order valence-electron chi connectivity index (χ2n) is 5.98. The molecule has 1 aliphatic heterocycles. The van der Waals surface area contributed by atoms with Gasteiger partial charge in [-0.25, -0.2) is 0 Å². The predicted molar refractivity (Wildman–Crippen MR) is 82.3 cm³/mol. The summed E-state index contributed by atoms with van der Waals surface area (Å²) >= 11 is 0. The number of nitrogens with zero attached hydrogens (tertiary/aromatic N) is 1. The lowest BCUT2D eigenvalue weighted by molar-refractivity contribution is -0.142. The molecule has 0 spiro atoms. The number of benzene rings is 1. The first-order valence-corrected chi connectivity index (χ1v) is 7.77. The highest BCUT2D eigenvalue weighted by Gasteiger charge is 2.31. The number of carboxylic acids is 1. The molecule has 2 N–H and O–H groups in total. The third-order valence-electron chi connectivity index (χ3n) is 4.56. The first-order chi connectivity index (χ1) is 10.0. The number of β-amino-alcohol motifs (C(OH)–C–C–N with tert-alkyl or cyclic N) is 1. The van der Waals surface area contributed by atoms with Gasteiger partial charge in [0.05, 0.1) is 6.10 Å². The van der Waals surface area contributed by atoms with Crippen LogP contribution < -0.4 is 0 Å². The van der Waals surface area contributed by atoms with Crippen LogP contribution in [-0.2, 0) is 4.79 Å². The molecular formula is C17H25NO3. The van der Waals surface area contributed by atoms with Gasteiger partial charge in [0.2, 0.25) is 0 Å². The van der Waals surface area contributed by atoms with Crippen LogP contribution in [0, 0.1) is 0 Å². The average molecular weight is 291 g/mol. The van der Waals surface area contributed by atoms with Gasteiger partial charge >= 0.3 is 5.97 Å². The van der Waals surface area contributed by atoms with Crippen LogP contribution in [-0.4, -0.2) is 40.2 Å². The predicted octanol–water partition coefficient (Wildman–Crippen LogP) is 2.78. The van der Waals surface area contributed by atoms with Crippen LogP contribution in [0.5, 0.6) is 0 Å². The SMILES string of the molecule is CCC(C)c1ccc(C(O)CN2CCCC2C(=O)O)cc1. The highest BCUT2D eigenvalue weighted by Crippen LogP contribution is 2.24. The summed E-state index contributed by atoms with van der Waals surface area (Å²) in [5.74, 6) is -0.266. The normalized spacial score (nSPS) is 22.1. The minimum Gasteiger partial charge on any atom is -0.480 e. The van der Waals surface area contributed by atoms with Crippen LogP contribution in [0.15, 0.2) is 24.3 Å². The van der Waals surface area contributed by atoms with Gasteiger partial charge in [0.25, 0.3) is 0 Å². The molecule has 3 unspecified atom stereocenters. The van der Waals surface area contributed by atoms with E-state index < -0.39 is 18.1 Å². The molecular weight excluding hydrogens is 266 g/mol. The Balaban J connectivity index is 2.00. The van der Waals surface area contributed by atoms with Gasteiger partial charge in [0, 0.05) is 6.54 Å². The fourth-order valence-electron chi connectivity index (χ4n) is 2.93. The molecule has 2 rings (SSSR count). The maximum Gasteiger partial charge on any atom is 0.320 e. The maximum atomic E-state index is 11.2. The third kappa shape index (κ3) is 3.83. The first kappa shape index (κ1) is 16.0. The van der Waals surface area contributed by atoms with Crippen LogP contribution >= 0.6 is 0 Å². The van der Waals surface area contributed by atoms with E-state index in [2.05, 4.69) is 26.0 Å². The monoisotopic (exact) mass is 291 g/mol. The zero-order valence-electron chi connectivity index (χ0n) is 12.8. The fraction of sp³-hybridized carbons (Fsp3) is 0.588. The van der Waals surface area contributed by atoms with Crippen molar-refractivity contribution in [3.05, 3.63) is 35.4 Å². The summed E-state index contributed by atoms with van der Waals surface area (Å²) in [7, 11) is 0. The van der Waals surface area contributed by atoms with Crippen LogP contribution in [0.1, 0.15) is 56.3 Å².